The second kappa shape index (κ2) is 7.55. The molecule has 0 aromatic heterocycles. The number of nitrogens with zero attached hydrogens (tertiary/aromatic N) is 1. The Labute approximate surface area is 151 Å². The lowest BCUT2D eigenvalue weighted by Gasteiger charge is -2.28. The molecule has 1 aromatic carbocycles. The van der Waals surface area contributed by atoms with Crippen LogP contribution in [0.2, 0.25) is 0 Å². The number of nitrogens with one attached hydrogen (secondary N) is 1. The fourth-order valence-corrected chi connectivity index (χ4v) is 3.42. The van der Waals surface area contributed by atoms with Crippen molar-refractivity contribution in [3.05, 3.63) is 34.3 Å². The van der Waals surface area contributed by atoms with Crippen molar-refractivity contribution in [2.75, 3.05) is 6.54 Å². The summed E-state index contributed by atoms with van der Waals surface area (Å²) in [6, 6.07) is 7.17. The van der Waals surface area contributed by atoms with Crippen LogP contribution in [-0.4, -0.2) is 35.1 Å². The summed E-state index contributed by atoms with van der Waals surface area (Å²) in [7, 11) is 0. The number of rotatable bonds is 3. The molecule has 0 saturated carbocycles. The summed E-state index contributed by atoms with van der Waals surface area (Å²) in [6.07, 6.45) is 1.04. The second-order valence-electron chi connectivity index (χ2n) is 7.08. The number of carbonyl (C=O) groups is 2. The number of hydrogen-bond acceptors (Lipinski definition) is 3. The molecule has 0 aliphatic carbocycles. The van der Waals surface area contributed by atoms with Crippen LogP contribution in [0.15, 0.2) is 28.7 Å². The van der Waals surface area contributed by atoms with E-state index in [2.05, 4.69) is 21.2 Å². The van der Waals surface area contributed by atoms with Crippen molar-refractivity contribution in [1.29, 1.82) is 0 Å². The van der Waals surface area contributed by atoms with Crippen LogP contribution in [0, 0.1) is 0 Å². The zero-order valence-electron chi connectivity index (χ0n) is 14.6. The number of ether oxygens (including phenoxy) is 1. The first-order valence-electron chi connectivity index (χ1n) is 8.23. The van der Waals surface area contributed by atoms with Gasteiger partial charge in [0.15, 0.2) is 0 Å². The predicted octanol–water partition coefficient (Wildman–Crippen LogP) is 4.03. The third kappa shape index (κ3) is 4.72. The van der Waals surface area contributed by atoms with Crippen molar-refractivity contribution in [3.8, 4) is 0 Å². The first-order valence-corrected chi connectivity index (χ1v) is 9.03. The summed E-state index contributed by atoms with van der Waals surface area (Å²) in [4.78, 5) is 26.5. The van der Waals surface area contributed by atoms with Crippen LogP contribution < -0.4 is 5.32 Å². The van der Waals surface area contributed by atoms with Crippen LogP contribution in [0.25, 0.3) is 0 Å². The minimum Gasteiger partial charge on any atom is -0.444 e. The number of carbonyl (C=O) groups excluding carboxylic acids is 2. The molecular formula is C18H25BrN2O3. The normalized spacial score (nSPS) is 19.0. The Morgan fingerprint density at radius 2 is 2.00 bits per heavy atom. The summed E-state index contributed by atoms with van der Waals surface area (Å²) < 4.78 is 6.36. The van der Waals surface area contributed by atoms with E-state index < -0.39 is 17.7 Å². The molecule has 1 saturated heterocycles. The Bertz CT molecular complexity index is 613. The van der Waals surface area contributed by atoms with E-state index in [1.165, 1.54) is 4.90 Å². The SMILES string of the molecule is CC(NC(=O)C1CCCN1C(=O)OC(C)(C)C)c1ccccc1Br. The lowest BCUT2D eigenvalue weighted by atomic mass is 10.1. The van der Waals surface area contributed by atoms with Crippen molar-refractivity contribution < 1.29 is 14.3 Å². The zero-order chi connectivity index (χ0) is 17.9. The van der Waals surface area contributed by atoms with Gasteiger partial charge in [0.1, 0.15) is 11.6 Å². The Morgan fingerprint density at radius 3 is 2.62 bits per heavy atom. The molecule has 1 aromatic rings. The molecule has 0 radical (unpaired) electrons. The molecule has 132 valence electrons. The number of halogens is 1. The third-order valence-corrected chi connectivity index (χ3v) is 4.64. The zero-order valence-corrected chi connectivity index (χ0v) is 16.2. The van der Waals surface area contributed by atoms with E-state index in [9.17, 15) is 9.59 Å². The van der Waals surface area contributed by atoms with Crippen molar-refractivity contribution in [1.82, 2.24) is 10.2 Å². The second-order valence-corrected chi connectivity index (χ2v) is 7.94. The molecule has 24 heavy (non-hydrogen) atoms. The molecule has 2 atom stereocenters. The van der Waals surface area contributed by atoms with Crippen molar-refractivity contribution in [2.24, 2.45) is 0 Å². The van der Waals surface area contributed by atoms with Gasteiger partial charge in [0.2, 0.25) is 5.91 Å². The highest BCUT2D eigenvalue weighted by molar-refractivity contribution is 9.10. The first-order chi connectivity index (χ1) is 11.2. The van der Waals surface area contributed by atoms with Gasteiger partial charge in [0.05, 0.1) is 6.04 Å². The smallest absolute Gasteiger partial charge is 0.410 e. The van der Waals surface area contributed by atoms with Crippen LogP contribution in [0.3, 0.4) is 0 Å². The molecule has 1 fully saturated rings. The fourth-order valence-electron chi connectivity index (χ4n) is 2.79. The van der Waals surface area contributed by atoms with Gasteiger partial charge in [-0.25, -0.2) is 4.79 Å². The Balaban J connectivity index is 2.03. The van der Waals surface area contributed by atoms with E-state index in [0.29, 0.717) is 13.0 Å². The molecule has 1 aliphatic rings. The van der Waals surface area contributed by atoms with E-state index in [-0.39, 0.29) is 11.9 Å². The van der Waals surface area contributed by atoms with E-state index in [1.807, 2.05) is 52.0 Å². The van der Waals surface area contributed by atoms with E-state index in [4.69, 9.17) is 4.74 Å². The van der Waals surface area contributed by atoms with E-state index in [0.717, 1.165) is 16.5 Å². The minimum atomic E-state index is -0.567. The molecule has 1 N–H and O–H groups in total. The fraction of sp³-hybridized carbons (Fsp3) is 0.556. The Kier molecular flexibility index (Phi) is 5.91. The van der Waals surface area contributed by atoms with Crippen molar-refractivity contribution in [2.45, 2.75) is 58.2 Å². The maximum atomic E-state index is 12.6. The maximum Gasteiger partial charge on any atom is 0.410 e. The monoisotopic (exact) mass is 396 g/mol. The number of amides is 2. The minimum absolute atomic E-state index is 0.137. The standard InChI is InChI=1S/C18H25BrN2O3/c1-12(13-8-5-6-9-14(13)19)20-16(22)15-10-7-11-21(15)17(23)24-18(2,3)4/h5-6,8-9,12,15H,7,10-11H2,1-4H3,(H,20,22). The lowest BCUT2D eigenvalue weighted by molar-refractivity contribution is -0.126. The molecule has 6 heteroatoms. The highest BCUT2D eigenvalue weighted by Gasteiger charge is 2.37. The van der Waals surface area contributed by atoms with E-state index >= 15 is 0 Å². The largest absolute Gasteiger partial charge is 0.444 e. The molecule has 5 nitrogen and oxygen atoms in total. The van der Waals surface area contributed by atoms with Crippen LogP contribution in [0.4, 0.5) is 4.79 Å². The highest BCUT2D eigenvalue weighted by atomic mass is 79.9. The molecule has 2 rings (SSSR count). The van der Waals surface area contributed by atoms with Gasteiger partial charge >= 0.3 is 6.09 Å². The molecule has 0 bridgehead atoms. The van der Waals surface area contributed by atoms with Crippen LogP contribution in [0.1, 0.15) is 52.1 Å². The van der Waals surface area contributed by atoms with Gasteiger partial charge in [-0.2, -0.15) is 0 Å². The van der Waals surface area contributed by atoms with E-state index in [1.54, 1.807) is 0 Å². The van der Waals surface area contributed by atoms with Gasteiger partial charge in [0, 0.05) is 11.0 Å². The topological polar surface area (TPSA) is 58.6 Å². The van der Waals surface area contributed by atoms with Gasteiger partial charge in [-0.05, 0) is 52.2 Å². The summed E-state index contributed by atoms with van der Waals surface area (Å²) >= 11 is 3.50. The van der Waals surface area contributed by atoms with Crippen molar-refractivity contribution in [3.63, 3.8) is 0 Å². The molecule has 2 unspecified atom stereocenters. The Hall–Kier alpha value is -1.56. The van der Waals surface area contributed by atoms with Crippen LogP contribution >= 0.6 is 15.9 Å². The predicted molar refractivity (Wildman–Crippen MR) is 96.7 cm³/mol. The molecule has 0 spiro atoms. The average molecular weight is 397 g/mol. The quantitative estimate of drug-likeness (QED) is 0.838. The summed E-state index contributed by atoms with van der Waals surface area (Å²) in [5, 5.41) is 3.01. The van der Waals surface area contributed by atoms with Gasteiger partial charge in [-0.15, -0.1) is 0 Å². The van der Waals surface area contributed by atoms with Crippen LogP contribution in [-0.2, 0) is 9.53 Å². The van der Waals surface area contributed by atoms with Crippen LogP contribution in [0.5, 0.6) is 0 Å². The van der Waals surface area contributed by atoms with Gasteiger partial charge < -0.3 is 10.1 Å². The average Bonchev–Trinajstić information content (AvgIpc) is 2.95. The molecule has 1 aliphatic heterocycles. The molecule has 2 amide bonds. The first kappa shape index (κ1) is 18.8. The summed E-state index contributed by atoms with van der Waals surface area (Å²) in [5.41, 5.74) is 0.441. The molecule has 1 heterocycles. The molecular weight excluding hydrogens is 372 g/mol. The summed E-state index contributed by atoms with van der Waals surface area (Å²) in [6.45, 7) is 7.96. The summed E-state index contributed by atoms with van der Waals surface area (Å²) in [5.74, 6) is -0.137. The number of benzene rings is 1. The third-order valence-electron chi connectivity index (χ3n) is 3.91. The van der Waals surface area contributed by atoms with Gasteiger partial charge in [0.25, 0.3) is 0 Å². The van der Waals surface area contributed by atoms with Crippen molar-refractivity contribution >= 4 is 27.9 Å². The number of likely N-dealkylation sites (tertiary alicyclic amines) is 1. The van der Waals surface area contributed by atoms with Gasteiger partial charge in [-0.3, -0.25) is 9.69 Å². The highest BCUT2D eigenvalue weighted by Crippen LogP contribution is 2.25. The Morgan fingerprint density at radius 1 is 1.33 bits per heavy atom. The lowest BCUT2D eigenvalue weighted by Crippen LogP contribution is -2.48. The maximum absolute atomic E-state index is 12.6. The number of hydrogen-bond donors (Lipinski definition) is 1. The van der Waals surface area contributed by atoms with Gasteiger partial charge in [-0.1, -0.05) is 34.1 Å².